The first kappa shape index (κ1) is 12.0. The van der Waals surface area contributed by atoms with E-state index in [2.05, 4.69) is 15.9 Å². The number of carbonyl (C=O) groups excluding carboxylic acids is 1. The zero-order valence-corrected chi connectivity index (χ0v) is 10.7. The Kier molecular flexibility index (Phi) is 4.15. The second-order valence-corrected chi connectivity index (χ2v) is 3.82. The zero-order valence-electron chi connectivity index (χ0n) is 9.08. The number of carbonyl (C=O) groups is 1. The molecule has 1 rings (SSSR count). The molecule has 0 radical (unpaired) electrons. The third-order valence-electron chi connectivity index (χ3n) is 2.18. The number of hydrogen-bond acceptors (Lipinski definition) is 2. The van der Waals surface area contributed by atoms with Crippen LogP contribution in [0.15, 0.2) is 18.2 Å². The van der Waals surface area contributed by atoms with Crippen LogP contribution in [0.4, 0.5) is 5.69 Å². The summed E-state index contributed by atoms with van der Waals surface area (Å²) in [5, 5.41) is 0.306. The highest BCUT2D eigenvalue weighted by Gasteiger charge is 2.13. The molecule has 0 aliphatic rings. The van der Waals surface area contributed by atoms with Crippen LogP contribution in [-0.4, -0.2) is 25.4 Å². The largest absolute Gasteiger partial charge is 0.495 e. The molecule has 0 aromatic heterocycles. The lowest BCUT2D eigenvalue weighted by atomic mass is 10.2. The Labute approximate surface area is 98.2 Å². The Morgan fingerprint density at radius 2 is 2.20 bits per heavy atom. The average Bonchev–Trinajstić information content (AvgIpc) is 2.26. The van der Waals surface area contributed by atoms with E-state index in [1.54, 1.807) is 19.1 Å². The lowest BCUT2D eigenvalue weighted by molar-refractivity contribution is -0.115. The number of halogens is 1. The summed E-state index contributed by atoms with van der Waals surface area (Å²) in [6.07, 6.45) is 0. The van der Waals surface area contributed by atoms with Crippen LogP contribution >= 0.6 is 15.9 Å². The van der Waals surface area contributed by atoms with Gasteiger partial charge >= 0.3 is 0 Å². The summed E-state index contributed by atoms with van der Waals surface area (Å²) in [6, 6.07) is 5.75. The van der Waals surface area contributed by atoms with Crippen molar-refractivity contribution in [1.29, 1.82) is 0 Å². The molecular formula is C11H14BrNO2. The highest BCUT2D eigenvalue weighted by molar-refractivity contribution is 9.09. The van der Waals surface area contributed by atoms with Crippen molar-refractivity contribution in [3.63, 3.8) is 0 Å². The number of amides is 1. The maximum absolute atomic E-state index is 11.5. The molecule has 0 unspecified atom stereocenters. The Bertz CT molecular complexity index is 366. The summed E-state index contributed by atoms with van der Waals surface area (Å²) in [6.45, 7) is 1.98. The molecule has 1 amide bonds. The highest BCUT2D eigenvalue weighted by atomic mass is 79.9. The number of hydrogen-bond donors (Lipinski definition) is 0. The quantitative estimate of drug-likeness (QED) is 0.790. The SMILES string of the molecule is COc1cc(C)ccc1N(C)C(=O)CBr. The number of rotatable bonds is 3. The molecule has 0 bridgehead atoms. The number of aryl methyl sites for hydroxylation is 1. The molecule has 82 valence electrons. The standard InChI is InChI=1S/C11H14BrNO2/c1-8-4-5-9(10(6-8)15-3)13(2)11(14)7-12/h4-6H,7H2,1-3H3. The van der Waals surface area contributed by atoms with Crippen LogP contribution < -0.4 is 9.64 Å². The van der Waals surface area contributed by atoms with Gasteiger partial charge in [0, 0.05) is 7.05 Å². The Balaban J connectivity index is 3.07. The van der Waals surface area contributed by atoms with Gasteiger partial charge in [0.25, 0.3) is 0 Å². The van der Waals surface area contributed by atoms with Crippen molar-refractivity contribution in [2.24, 2.45) is 0 Å². The first-order valence-electron chi connectivity index (χ1n) is 4.57. The predicted octanol–water partition coefficient (Wildman–Crippen LogP) is 2.36. The molecule has 0 saturated heterocycles. The predicted molar refractivity (Wildman–Crippen MR) is 64.9 cm³/mol. The van der Waals surface area contributed by atoms with Crippen LogP contribution in [0.5, 0.6) is 5.75 Å². The summed E-state index contributed by atoms with van der Waals surface area (Å²) in [7, 11) is 3.33. The molecule has 0 aliphatic carbocycles. The fourth-order valence-electron chi connectivity index (χ4n) is 1.29. The summed E-state index contributed by atoms with van der Waals surface area (Å²) in [4.78, 5) is 13.1. The van der Waals surface area contributed by atoms with Gasteiger partial charge in [-0.25, -0.2) is 0 Å². The Hall–Kier alpha value is -1.03. The number of anilines is 1. The second kappa shape index (κ2) is 5.16. The normalized spacial score (nSPS) is 9.87. The lowest BCUT2D eigenvalue weighted by Gasteiger charge is -2.19. The molecule has 1 aromatic carbocycles. The summed E-state index contributed by atoms with van der Waals surface area (Å²) >= 11 is 3.14. The first-order chi connectivity index (χ1) is 7.10. The number of methoxy groups -OCH3 is 1. The molecule has 3 nitrogen and oxygen atoms in total. The number of benzene rings is 1. The van der Waals surface area contributed by atoms with E-state index in [0.29, 0.717) is 11.1 Å². The van der Waals surface area contributed by atoms with E-state index >= 15 is 0 Å². The van der Waals surface area contributed by atoms with Gasteiger partial charge in [-0.05, 0) is 24.6 Å². The monoisotopic (exact) mass is 271 g/mol. The number of alkyl halides is 1. The van der Waals surface area contributed by atoms with Crippen molar-refractivity contribution in [1.82, 2.24) is 0 Å². The minimum absolute atomic E-state index is 0.00264. The van der Waals surface area contributed by atoms with Gasteiger partial charge in [0.1, 0.15) is 5.75 Å². The molecule has 4 heteroatoms. The van der Waals surface area contributed by atoms with Crippen LogP contribution in [-0.2, 0) is 4.79 Å². The minimum atomic E-state index is -0.00264. The van der Waals surface area contributed by atoms with Crippen LogP contribution in [0, 0.1) is 6.92 Å². The molecule has 0 aliphatic heterocycles. The van der Waals surface area contributed by atoms with Crippen molar-refractivity contribution in [2.75, 3.05) is 24.4 Å². The van der Waals surface area contributed by atoms with E-state index in [1.807, 2.05) is 25.1 Å². The van der Waals surface area contributed by atoms with E-state index in [4.69, 9.17) is 4.74 Å². The summed E-state index contributed by atoms with van der Waals surface area (Å²) in [5.74, 6) is 0.712. The van der Waals surface area contributed by atoms with Crippen LogP contribution in [0.3, 0.4) is 0 Å². The average molecular weight is 272 g/mol. The van der Waals surface area contributed by atoms with Gasteiger partial charge in [0.05, 0.1) is 18.1 Å². The Morgan fingerprint density at radius 1 is 1.53 bits per heavy atom. The topological polar surface area (TPSA) is 29.5 Å². The van der Waals surface area contributed by atoms with Crippen LogP contribution in [0.1, 0.15) is 5.56 Å². The molecule has 0 atom stereocenters. The maximum atomic E-state index is 11.5. The van der Waals surface area contributed by atoms with Gasteiger partial charge < -0.3 is 9.64 Å². The summed E-state index contributed by atoms with van der Waals surface area (Å²) in [5.41, 5.74) is 1.89. The molecule has 15 heavy (non-hydrogen) atoms. The zero-order chi connectivity index (χ0) is 11.4. The van der Waals surface area contributed by atoms with Gasteiger partial charge in [-0.3, -0.25) is 4.79 Å². The first-order valence-corrected chi connectivity index (χ1v) is 5.69. The van der Waals surface area contributed by atoms with Gasteiger partial charge in [-0.2, -0.15) is 0 Å². The molecule has 0 spiro atoms. The maximum Gasteiger partial charge on any atom is 0.237 e. The second-order valence-electron chi connectivity index (χ2n) is 3.26. The van der Waals surface area contributed by atoms with Crippen molar-refractivity contribution in [2.45, 2.75) is 6.92 Å². The molecule has 0 heterocycles. The van der Waals surface area contributed by atoms with Crippen molar-refractivity contribution in [3.8, 4) is 5.75 Å². The molecule has 0 saturated carbocycles. The highest BCUT2D eigenvalue weighted by Crippen LogP contribution is 2.28. The third kappa shape index (κ3) is 2.72. The minimum Gasteiger partial charge on any atom is -0.495 e. The Morgan fingerprint density at radius 3 is 2.73 bits per heavy atom. The van der Waals surface area contributed by atoms with E-state index in [-0.39, 0.29) is 5.91 Å². The van der Waals surface area contributed by atoms with Crippen LogP contribution in [0.2, 0.25) is 0 Å². The molecular weight excluding hydrogens is 258 g/mol. The van der Waals surface area contributed by atoms with Gasteiger partial charge in [0.15, 0.2) is 0 Å². The van der Waals surface area contributed by atoms with Gasteiger partial charge in [0.2, 0.25) is 5.91 Å². The van der Waals surface area contributed by atoms with Crippen LogP contribution in [0.25, 0.3) is 0 Å². The molecule has 0 N–H and O–H groups in total. The fourth-order valence-corrected chi connectivity index (χ4v) is 1.66. The fraction of sp³-hybridized carbons (Fsp3) is 0.364. The number of nitrogens with zero attached hydrogens (tertiary/aromatic N) is 1. The van der Waals surface area contributed by atoms with E-state index in [0.717, 1.165) is 11.3 Å². The van der Waals surface area contributed by atoms with Crippen molar-refractivity contribution in [3.05, 3.63) is 23.8 Å². The summed E-state index contributed by atoms with van der Waals surface area (Å²) < 4.78 is 5.23. The number of ether oxygens (including phenoxy) is 1. The molecule has 1 aromatic rings. The molecule has 0 fully saturated rings. The van der Waals surface area contributed by atoms with E-state index in [1.165, 1.54) is 0 Å². The lowest BCUT2D eigenvalue weighted by Crippen LogP contribution is -2.27. The van der Waals surface area contributed by atoms with Gasteiger partial charge in [-0.1, -0.05) is 22.0 Å². The van der Waals surface area contributed by atoms with Gasteiger partial charge in [-0.15, -0.1) is 0 Å². The van der Waals surface area contributed by atoms with Crippen molar-refractivity contribution < 1.29 is 9.53 Å². The van der Waals surface area contributed by atoms with E-state index in [9.17, 15) is 4.79 Å². The third-order valence-corrected chi connectivity index (χ3v) is 2.66. The smallest absolute Gasteiger partial charge is 0.237 e. The van der Waals surface area contributed by atoms with E-state index < -0.39 is 0 Å². The van der Waals surface area contributed by atoms with Crippen molar-refractivity contribution >= 4 is 27.5 Å².